The van der Waals surface area contributed by atoms with Gasteiger partial charge >= 0.3 is 6.01 Å². The molecule has 4 aromatic rings. The number of rotatable bonds is 7. The summed E-state index contributed by atoms with van der Waals surface area (Å²) in [6.07, 6.45) is 3.97. The first-order chi connectivity index (χ1) is 21.5. The Morgan fingerprint density at radius 3 is 2.80 bits per heavy atom. The Kier molecular flexibility index (Phi) is 8.28. The molecule has 2 aromatic carbocycles. The lowest BCUT2D eigenvalue weighted by Crippen LogP contribution is -2.43. The summed E-state index contributed by atoms with van der Waals surface area (Å²) < 4.78 is 37.9. The van der Waals surface area contributed by atoms with Crippen LogP contribution < -0.4 is 15.4 Å². The summed E-state index contributed by atoms with van der Waals surface area (Å²) in [5.41, 5.74) is 6.26. The summed E-state index contributed by atoms with van der Waals surface area (Å²) in [5, 5.41) is 10.5. The number of carbonyl (C=O) groups excluding carboxylic acids is 1. The maximum atomic E-state index is 16.9. The van der Waals surface area contributed by atoms with Crippen LogP contribution in [0.3, 0.4) is 0 Å². The molecule has 2 aliphatic heterocycles. The van der Waals surface area contributed by atoms with Gasteiger partial charge in [0.25, 0.3) is 0 Å². The largest absolute Gasteiger partial charge is 0.462 e. The number of halogens is 3. The number of nitrogen functional groups attached to an aromatic ring is 1. The van der Waals surface area contributed by atoms with E-state index in [0.717, 1.165) is 30.7 Å². The van der Waals surface area contributed by atoms with E-state index in [4.69, 9.17) is 27.1 Å². The van der Waals surface area contributed by atoms with E-state index in [1.165, 1.54) is 18.2 Å². The minimum absolute atomic E-state index is 0.00300. The molecule has 4 heterocycles. The van der Waals surface area contributed by atoms with Crippen LogP contribution in [0.25, 0.3) is 32.1 Å². The molecule has 0 radical (unpaired) electrons. The molecule has 2 saturated heterocycles. The first kappa shape index (κ1) is 31.0. The van der Waals surface area contributed by atoms with Crippen molar-refractivity contribution < 1.29 is 18.3 Å². The van der Waals surface area contributed by atoms with Gasteiger partial charge in [-0.05, 0) is 63.6 Å². The molecule has 9 nitrogen and oxygen atoms in total. The van der Waals surface area contributed by atoms with Crippen LogP contribution in [0.5, 0.6) is 6.01 Å². The molecular weight excluding hydrogens is 620 g/mol. The molecule has 45 heavy (non-hydrogen) atoms. The Hall–Kier alpha value is -4.05. The number of hydrogen-bond acceptors (Lipinski definition) is 9. The number of carbonyl (C=O) groups is 1. The van der Waals surface area contributed by atoms with Crippen molar-refractivity contribution in [3.8, 4) is 23.2 Å². The zero-order valence-electron chi connectivity index (χ0n) is 25.1. The van der Waals surface area contributed by atoms with Crippen molar-refractivity contribution in [3.05, 3.63) is 53.1 Å². The van der Waals surface area contributed by atoms with E-state index in [1.54, 1.807) is 11.0 Å². The summed E-state index contributed by atoms with van der Waals surface area (Å²) >= 11 is 7.74. The summed E-state index contributed by atoms with van der Waals surface area (Å²) in [6, 6.07) is 6.06. The van der Waals surface area contributed by atoms with Crippen molar-refractivity contribution in [2.75, 3.05) is 44.4 Å². The lowest BCUT2D eigenvalue weighted by atomic mass is 9.97. The lowest BCUT2D eigenvalue weighted by Gasteiger charge is -2.32. The first-order valence-electron chi connectivity index (χ1n) is 14.6. The van der Waals surface area contributed by atoms with Gasteiger partial charge in [0.15, 0.2) is 5.82 Å². The average molecular weight is 652 g/mol. The fourth-order valence-electron chi connectivity index (χ4n) is 6.64. The lowest BCUT2D eigenvalue weighted by molar-refractivity contribution is -0.126. The topological polar surface area (TPSA) is 112 Å². The average Bonchev–Trinajstić information content (AvgIpc) is 3.72. The SMILES string of the molecule is C=CC(=O)N1CCC(N(C)c2nc(OC[C@@H]3CCCN3C)nc3c(F)c(-c4ccc(F)c5sc(N)c(C#N)c45)c(Cl)cc23)[C@H]1C. The summed E-state index contributed by atoms with van der Waals surface area (Å²) in [5.74, 6) is -1.10. The number of amides is 1. The van der Waals surface area contributed by atoms with Gasteiger partial charge in [-0.1, -0.05) is 24.2 Å². The van der Waals surface area contributed by atoms with Gasteiger partial charge < -0.3 is 25.2 Å². The molecule has 1 unspecified atom stereocenters. The highest BCUT2D eigenvalue weighted by Gasteiger charge is 2.37. The molecule has 6 rings (SSSR count). The predicted octanol–water partition coefficient (Wildman–Crippen LogP) is 5.98. The minimum Gasteiger partial charge on any atom is -0.462 e. The van der Waals surface area contributed by atoms with Crippen LogP contribution in [0.2, 0.25) is 5.02 Å². The van der Waals surface area contributed by atoms with Gasteiger partial charge in [-0.3, -0.25) is 4.79 Å². The van der Waals surface area contributed by atoms with Gasteiger partial charge in [-0.25, -0.2) is 8.78 Å². The van der Waals surface area contributed by atoms with Crippen LogP contribution in [0.4, 0.5) is 19.6 Å². The molecule has 2 N–H and O–H groups in total. The first-order valence-corrected chi connectivity index (χ1v) is 15.8. The smallest absolute Gasteiger partial charge is 0.319 e. The summed E-state index contributed by atoms with van der Waals surface area (Å²) in [7, 11) is 3.87. The summed E-state index contributed by atoms with van der Waals surface area (Å²) in [4.78, 5) is 27.6. The van der Waals surface area contributed by atoms with Crippen molar-refractivity contribution in [1.82, 2.24) is 19.8 Å². The van der Waals surface area contributed by atoms with Crippen LogP contribution in [-0.2, 0) is 4.79 Å². The molecule has 1 amide bonds. The van der Waals surface area contributed by atoms with Gasteiger partial charge in [0.1, 0.15) is 34.8 Å². The number of aromatic nitrogens is 2. The quantitative estimate of drug-likeness (QED) is 0.243. The number of ether oxygens (including phenoxy) is 1. The van der Waals surface area contributed by atoms with Gasteiger partial charge in [-0.2, -0.15) is 15.2 Å². The van der Waals surface area contributed by atoms with E-state index in [-0.39, 0.29) is 72.4 Å². The third-order valence-corrected chi connectivity index (χ3v) is 10.4. The summed E-state index contributed by atoms with van der Waals surface area (Å²) in [6.45, 7) is 7.40. The number of thiophene rings is 1. The molecule has 234 valence electrons. The number of nitriles is 1. The Labute approximate surface area is 268 Å². The molecule has 0 saturated carbocycles. The van der Waals surface area contributed by atoms with Gasteiger partial charge in [0.2, 0.25) is 5.91 Å². The number of likely N-dealkylation sites (N-methyl/N-ethyl adjacent to an activating group) is 2. The Morgan fingerprint density at radius 2 is 2.11 bits per heavy atom. The molecule has 13 heteroatoms. The van der Waals surface area contributed by atoms with Crippen LogP contribution in [0.1, 0.15) is 31.7 Å². The monoisotopic (exact) mass is 651 g/mol. The van der Waals surface area contributed by atoms with E-state index in [1.807, 2.05) is 32.0 Å². The third kappa shape index (κ3) is 5.22. The van der Waals surface area contributed by atoms with Gasteiger partial charge in [0, 0.05) is 42.0 Å². The maximum absolute atomic E-state index is 16.9. The van der Waals surface area contributed by atoms with Crippen molar-refractivity contribution >= 4 is 60.7 Å². The molecule has 3 atom stereocenters. The van der Waals surface area contributed by atoms with E-state index in [9.17, 15) is 14.4 Å². The standard InChI is InChI=1S/C32H32ClF2N7O2S/c1-5-24(43)42-12-10-23(16(42)2)41(4)31-19-13-21(33)26(18-8-9-22(34)29-25(18)20(14-36)30(37)45-29)27(35)28(19)38-32(39-31)44-15-17-7-6-11-40(17)3/h5,8-9,13,16-17,23H,1,6-7,10-12,15,37H2,2-4H3/t16-,17+,23?/m1/s1. The molecule has 0 bridgehead atoms. The number of fused-ring (bicyclic) bond motifs is 2. The zero-order valence-corrected chi connectivity index (χ0v) is 26.7. The van der Waals surface area contributed by atoms with E-state index in [0.29, 0.717) is 30.8 Å². The predicted molar refractivity (Wildman–Crippen MR) is 174 cm³/mol. The fraction of sp³-hybridized carbons (Fsp3) is 0.375. The molecule has 0 spiro atoms. The molecule has 0 aliphatic carbocycles. The minimum atomic E-state index is -0.762. The van der Waals surface area contributed by atoms with Crippen LogP contribution in [0.15, 0.2) is 30.9 Å². The second kappa shape index (κ2) is 12.0. The van der Waals surface area contributed by atoms with Crippen molar-refractivity contribution in [1.29, 1.82) is 5.26 Å². The highest BCUT2D eigenvalue weighted by Crippen LogP contribution is 2.46. The molecule has 2 fully saturated rings. The van der Waals surface area contributed by atoms with Crippen LogP contribution in [0, 0.1) is 23.0 Å². The zero-order chi connectivity index (χ0) is 32.2. The fourth-order valence-corrected chi connectivity index (χ4v) is 7.88. The molecule has 2 aromatic heterocycles. The van der Waals surface area contributed by atoms with E-state index in [2.05, 4.69) is 16.5 Å². The number of nitrogens with zero attached hydrogens (tertiary/aromatic N) is 6. The highest BCUT2D eigenvalue weighted by atomic mass is 35.5. The van der Waals surface area contributed by atoms with E-state index >= 15 is 4.39 Å². The molecular formula is C32H32ClF2N7O2S. The van der Waals surface area contributed by atoms with Gasteiger partial charge in [-0.15, -0.1) is 11.3 Å². The van der Waals surface area contributed by atoms with Crippen molar-refractivity contribution in [2.45, 2.75) is 44.3 Å². The normalized spacial score (nSPS) is 20.2. The van der Waals surface area contributed by atoms with Crippen LogP contribution in [-0.4, -0.2) is 77.6 Å². The van der Waals surface area contributed by atoms with Crippen molar-refractivity contribution in [3.63, 3.8) is 0 Å². The number of nitrogens with two attached hydrogens (primary N) is 1. The van der Waals surface area contributed by atoms with Gasteiger partial charge in [0.05, 0.1) is 21.3 Å². The third-order valence-electron chi connectivity index (χ3n) is 9.12. The number of likely N-dealkylation sites (tertiary alicyclic amines) is 2. The number of benzene rings is 2. The molecule has 2 aliphatic rings. The maximum Gasteiger partial charge on any atom is 0.319 e. The highest BCUT2D eigenvalue weighted by molar-refractivity contribution is 7.23. The Morgan fingerprint density at radius 1 is 1.33 bits per heavy atom. The second-order valence-electron chi connectivity index (χ2n) is 11.6. The Bertz CT molecular complexity index is 1890. The number of anilines is 2. The number of hydrogen-bond donors (Lipinski definition) is 1. The second-order valence-corrected chi connectivity index (χ2v) is 13.0. The van der Waals surface area contributed by atoms with Crippen molar-refractivity contribution in [2.24, 2.45) is 0 Å². The Balaban J connectivity index is 1.52. The van der Waals surface area contributed by atoms with E-state index < -0.39 is 11.6 Å². The van der Waals surface area contributed by atoms with Crippen LogP contribution >= 0.6 is 22.9 Å².